The van der Waals surface area contributed by atoms with Crippen molar-refractivity contribution < 1.29 is 9.47 Å². The van der Waals surface area contributed by atoms with Crippen molar-refractivity contribution in [2.75, 3.05) is 19.6 Å². The maximum Gasteiger partial charge on any atom is 0.185 e. The van der Waals surface area contributed by atoms with Crippen LogP contribution in [0.15, 0.2) is 59.7 Å². The van der Waals surface area contributed by atoms with E-state index < -0.39 is 0 Å². The second-order valence-corrected chi connectivity index (χ2v) is 6.43. The first-order valence-electron chi connectivity index (χ1n) is 8.67. The zero-order valence-electron chi connectivity index (χ0n) is 15.7. The van der Waals surface area contributed by atoms with Gasteiger partial charge in [-0.3, -0.25) is 5.43 Å². The number of nitrogens with zero attached hydrogens (tertiary/aromatic N) is 5. The lowest BCUT2D eigenvalue weighted by atomic mass is 10.2. The molecule has 2 heterocycles. The molecule has 2 aromatic carbocycles. The molecule has 0 spiro atoms. The lowest BCUT2D eigenvalue weighted by Gasteiger charge is -2.07. The Morgan fingerprint density at radius 3 is 2.59 bits per heavy atom. The lowest BCUT2D eigenvalue weighted by molar-refractivity contribution is 0.394. The van der Waals surface area contributed by atoms with E-state index in [9.17, 15) is 0 Å². The van der Waals surface area contributed by atoms with E-state index in [1.54, 1.807) is 49.2 Å². The lowest BCUT2D eigenvalue weighted by Crippen LogP contribution is -2.01. The number of nitrogens with one attached hydrogen (secondary N) is 1. The summed E-state index contributed by atoms with van der Waals surface area (Å²) in [7, 11) is 3.20. The van der Waals surface area contributed by atoms with Crippen molar-refractivity contribution >= 4 is 29.3 Å². The molecule has 0 fully saturated rings. The smallest absolute Gasteiger partial charge is 0.185 e. The van der Waals surface area contributed by atoms with Gasteiger partial charge in [0.2, 0.25) is 0 Å². The van der Waals surface area contributed by atoms with Crippen molar-refractivity contribution in [2.24, 2.45) is 5.10 Å². The van der Waals surface area contributed by atoms with E-state index in [1.165, 1.54) is 0 Å². The van der Waals surface area contributed by atoms with Crippen LogP contribution in [0, 0.1) is 0 Å². The number of ether oxygens (including phenoxy) is 2. The summed E-state index contributed by atoms with van der Waals surface area (Å²) in [6.45, 7) is 0. The zero-order chi connectivity index (χ0) is 20.2. The Morgan fingerprint density at radius 1 is 1.00 bits per heavy atom. The van der Waals surface area contributed by atoms with Crippen molar-refractivity contribution in [3.63, 3.8) is 0 Å². The van der Waals surface area contributed by atoms with Gasteiger partial charge in [0.05, 0.1) is 20.4 Å². The van der Waals surface area contributed by atoms with Gasteiger partial charge in [0.25, 0.3) is 0 Å². The number of hydrogen-bond donors (Lipinski definition) is 1. The van der Waals surface area contributed by atoms with E-state index in [0.717, 1.165) is 11.1 Å². The van der Waals surface area contributed by atoms with Gasteiger partial charge in [0.15, 0.2) is 17.3 Å². The van der Waals surface area contributed by atoms with Crippen LogP contribution in [-0.4, -0.2) is 40.2 Å². The van der Waals surface area contributed by atoms with Crippen molar-refractivity contribution in [2.45, 2.75) is 0 Å². The summed E-state index contributed by atoms with van der Waals surface area (Å²) < 4.78 is 12.2. The third-order valence-electron chi connectivity index (χ3n) is 4.19. The topological polar surface area (TPSA) is 85.9 Å². The van der Waals surface area contributed by atoms with E-state index in [0.29, 0.717) is 33.8 Å². The highest BCUT2D eigenvalue weighted by Gasteiger charge is 2.10. The molecule has 0 saturated heterocycles. The quantitative estimate of drug-likeness (QED) is 0.384. The number of hydrogen-bond acceptors (Lipinski definition) is 7. The molecule has 4 aromatic rings. The van der Waals surface area contributed by atoms with E-state index >= 15 is 0 Å². The van der Waals surface area contributed by atoms with Crippen LogP contribution in [0.4, 0.5) is 5.82 Å². The Balaban J connectivity index is 1.58. The Hall–Kier alpha value is -3.65. The molecule has 0 atom stereocenters. The fourth-order valence-corrected chi connectivity index (χ4v) is 2.85. The summed E-state index contributed by atoms with van der Waals surface area (Å²) in [6.07, 6.45) is 1.65. The summed E-state index contributed by atoms with van der Waals surface area (Å²) >= 11 is 5.96. The van der Waals surface area contributed by atoms with E-state index in [-0.39, 0.29) is 0 Å². The number of halogens is 1. The Bertz CT molecular complexity index is 1170. The maximum atomic E-state index is 5.96. The molecule has 29 heavy (non-hydrogen) atoms. The number of aromatic nitrogens is 4. The average Bonchev–Trinajstić information content (AvgIpc) is 3.17. The molecule has 0 aliphatic carbocycles. The number of fused-ring (bicyclic) bond motifs is 1. The molecule has 0 amide bonds. The molecule has 0 saturated carbocycles. The van der Waals surface area contributed by atoms with Gasteiger partial charge >= 0.3 is 0 Å². The molecule has 2 aromatic heterocycles. The Kier molecular flexibility index (Phi) is 5.26. The van der Waals surface area contributed by atoms with Crippen LogP contribution in [0.1, 0.15) is 5.56 Å². The highest BCUT2D eigenvalue weighted by Crippen LogP contribution is 2.23. The normalized spacial score (nSPS) is 11.1. The number of methoxy groups -OCH3 is 2. The van der Waals surface area contributed by atoms with Gasteiger partial charge in [-0.2, -0.15) is 9.62 Å². The van der Waals surface area contributed by atoms with Gasteiger partial charge in [-0.1, -0.05) is 11.6 Å². The molecule has 0 aliphatic heterocycles. The highest BCUT2D eigenvalue weighted by atomic mass is 35.5. The second-order valence-electron chi connectivity index (χ2n) is 6.00. The standard InChI is InChI=1S/C20H17ClN6O2/c1-28-16-8-5-14(17(11-16)29-2)12-22-23-18-9-10-19-24-25-20(27(19)26-18)13-3-6-15(21)7-4-13/h3-12H,1-2H3,(H,23,26). The number of rotatable bonds is 6. The molecule has 1 N–H and O–H groups in total. The van der Waals surface area contributed by atoms with Crippen molar-refractivity contribution in [3.05, 3.63) is 65.2 Å². The van der Waals surface area contributed by atoms with Gasteiger partial charge in [0.1, 0.15) is 11.5 Å². The van der Waals surface area contributed by atoms with Crippen LogP contribution in [0.5, 0.6) is 11.5 Å². The van der Waals surface area contributed by atoms with Gasteiger partial charge in [-0.05, 0) is 48.5 Å². The predicted octanol–water partition coefficient (Wildman–Crippen LogP) is 3.91. The van der Waals surface area contributed by atoms with Crippen LogP contribution in [0.3, 0.4) is 0 Å². The molecule has 0 unspecified atom stereocenters. The van der Waals surface area contributed by atoms with Crippen LogP contribution in [0.25, 0.3) is 17.0 Å². The van der Waals surface area contributed by atoms with Crippen molar-refractivity contribution in [1.29, 1.82) is 0 Å². The Morgan fingerprint density at radius 2 is 1.83 bits per heavy atom. The van der Waals surface area contributed by atoms with Gasteiger partial charge in [0, 0.05) is 22.2 Å². The second kappa shape index (κ2) is 8.15. The first-order valence-corrected chi connectivity index (χ1v) is 9.05. The maximum absolute atomic E-state index is 5.96. The molecule has 0 radical (unpaired) electrons. The average molecular weight is 409 g/mol. The summed E-state index contributed by atoms with van der Waals surface area (Å²) in [5.74, 6) is 2.51. The van der Waals surface area contributed by atoms with Gasteiger partial charge < -0.3 is 9.47 Å². The third kappa shape index (κ3) is 3.97. The predicted molar refractivity (Wildman–Crippen MR) is 112 cm³/mol. The summed E-state index contributed by atoms with van der Waals surface area (Å²) in [5, 5.41) is 17.8. The van der Waals surface area contributed by atoms with Crippen molar-refractivity contribution in [3.8, 4) is 22.9 Å². The highest BCUT2D eigenvalue weighted by molar-refractivity contribution is 6.30. The first kappa shape index (κ1) is 18.7. The van der Waals surface area contributed by atoms with Crippen LogP contribution >= 0.6 is 11.6 Å². The molecule has 0 aliphatic rings. The minimum absolute atomic E-state index is 0.538. The summed E-state index contributed by atoms with van der Waals surface area (Å²) in [5.41, 5.74) is 5.20. The molecule has 146 valence electrons. The van der Waals surface area contributed by atoms with E-state index in [4.69, 9.17) is 21.1 Å². The molecule has 8 nitrogen and oxygen atoms in total. The van der Waals surface area contributed by atoms with Gasteiger partial charge in [-0.25, -0.2) is 0 Å². The fraction of sp³-hybridized carbons (Fsp3) is 0.100. The molecule has 9 heteroatoms. The first-order chi connectivity index (χ1) is 14.2. The van der Waals surface area contributed by atoms with Crippen LogP contribution in [-0.2, 0) is 0 Å². The number of benzene rings is 2. The molecule has 4 rings (SSSR count). The fourth-order valence-electron chi connectivity index (χ4n) is 2.72. The monoisotopic (exact) mass is 408 g/mol. The Labute approximate surface area is 171 Å². The minimum atomic E-state index is 0.538. The molecule has 0 bridgehead atoms. The summed E-state index contributed by atoms with van der Waals surface area (Å²) in [4.78, 5) is 0. The van der Waals surface area contributed by atoms with E-state index in [2.05, 4.69) is 25.8 Å². The zero-order valence-corrected chi connectivity index (χ0v) is 16.5. The third-order valence-corrected chi connectivity index (χ3v) is 4.44. The van der Waals surface area contributed by atoms with Crippen molar-refractivity contribution in [1.82, 2.24) is 19.8 Å². The number of hydrazone groups is 1. The summed E-state index contributed by atoms with van der Waals surface area (Å²) in [6, 6.07) is 16.4. The minimum Gasteiger partial charge on any atom is -0.497 e. The van der Waals surface area contributed by atoms with Crippen LogP contribution < -0.4 is 14.9 Å². The SMILES string of the molecule is COc1ccc(C=NNc2ccc3nnc(-c4ccc(Cl)cc4)n3n2)c(OC)c1. The molecular formula is C20H17ClN6O2. The number of anilines is 1. The van der Waals surface area contributed by atoms with Crippen LogP contribution in [0.2, 0.25) is 5.02 Å². The molecular weight excluding hydrogens is 392 g/mol. The largest absolute Gasteiger partial charge is 0.497 e. The van der Waals surface area contributed by atoms with Gasteiger partial charge in [-0.15, -0.1) is 15.3 Å². The van der Waals surface area contributed by atoms with E-state index in [1.807, 2.05) is 30.3 Å².